The van der Waals surface area contributed by atoms with Gasteiger partial charge in [-0.25, -0.2) is 4.52 Å². The molecule has 0 bridgehead atoms. The molecule has 0 unspecified atom stereocenters. The average Bonchev–Trinajstić information content (AvgIpc) is 2.47. The lowest BCUT2D eigenvalue weighted by molar-refractivity contribution is 0.0990. The van der Waals surface area contributed by atoms with E-state index in [9.17, 15) is 4.79 Å². The van der Waals surface area contributed by atoms with Gasteiger partial charge in [0.2, 0.25) is 5.82 Å². The zero-order valence-corrected chi connectivity index (χ0v) is 8.13. The van der Waals surface area contributed by atoms with Crippen molar-refractivity contribution in [3.8, 4) is 0 Å². The maximum Gasteiger partial charge on any atom is 0.286 e. The van der Waals surface area contributed by atoms with Gasteiger partial charge in [-0.15, -0.1) is 0 Å². The summed E-state index contributed by atoms with van der Waals surface area (Å²) in [5.41, 5.74) is 5.89. The van der Waals surface area contributed by atoms with Crippen molar-refractivity contribution in [2.75, 3.05) is 0 Å². The summed E-state index contributed by atoms with van der Waals surface area (Å²) >= 11 is 4.91. The molecule has 0 atom stereocenters. The molecule has 0 fully saturated rings. The van der Waals surface area contributed by atoms with Gasteiger partial charge in [-0.3, -0.25) is 9.89 Å². The van der Waals surface area contributed by atoms with Gasteiger partial charge in [0.25, 0.3) is 11.7 Å². The first-order chi connectivity index (χ1) is 6.58. The number of fused-ring (bicyclic) bond motifs is 1. The van der Waals surface area contributed by atoms with Crippen LogP contribution in [-0.4, -0.2) is 25.5 Å². The van der Waals surface area contributed by atoms with Crippen molar-refractivity contribution in [2.24, 2.45) is 5.73 Å². The Morgan fingerprint density at radius 1 is 1.64 bits per heavy atom. The quantitative estimate of drug-likeness (QED) is 0.656. The molecule has 2 aromatic heterocycles. The topological polar surface area (TPSA) is 89.1 Å². The highest BCUT2D eigenvalue weighted by Gasteiger charge is 2.08. The zero-order chi connectivity index (χ0) is 10.3. The summed E-state index contributed by atoms with van der Waals surface area (Å²) in [6, 6.07) is 1.70. The third kappa shape index (κ3) is 1.27. The Morgan fingerprint density at radius 3 is 3.00 bits per heavy atom. The molecule has 3 N–H and O–H groups in total. The predicted molar refractivity (Wildman–Crippen MR) is 51.4 cm³/mol. The largest absolute Gasteiger partial charge is 0.363 e. The fraction of sp³-hybridized carbons (Fsp3) is 0.143. The number of carbonyl (C=O) groups excluding carboxylic acids is 1. The predicted octanol–water partition coefficient (Wildman–Crippen LogP) is 0.194. The Bertz CT molecular complexity index is 569. The van der Waals surface area contributed by atoms with Crippen molar-refractivity contribution in [1.82, 2.24) is 19.6 Å². The molecule has 72 valence electrons. The second kappa shape index (κ2) is 2.88. The molecule has 1 amide bonds. The van der Waals surface area contributed by atoms with Crippen molar-refractivity contribution in [3.63, 3.8) is 0 Å². The van der Waals surface area contributed by atoms with Gasteiger partial charge in [-0.05, 0) is 13.0 Å². The van der Waals surface area contributed by atoms with Gasteiger partial charge < -0.3 is 5.73 Å². The highest BCUT2D eigenvalue weighted by Crippen LogP contribution is 2.02. The van der Waals surface area contributed by atoms with Gasteiger partial charge in [-0.2, -0.15) is 9.97 Å². The summed E-state index contributed by atoms with van der Waals surface area (Å²) in [5.74, 6) is -0.203. The van der Waals surface area contributed by atoms with Crippen molar-refractivity contribution in [1.29, 1.82) is 0 Å². The van der Waals surface area contributed by atoms with Crippen molar-refractivity contribution >= 4 is 23.9 Å². The lowest BCUT2D eigenvalue weighted by atomic mass is 10.5. The third-order valence-corrected chi connectivity index (χ3v) is 1.97. The number of nitrogens with zero attached hydrogens (tertiary/aromatic N) is 3. The molecule has 0 aliphatic heterocycles. The number of aryl methyl sites for hydroxylation is 1. The number of primary amides is 1. The fourth-order valence-corrected chi connectivity index (χ4v) is 1.39. The van der Waals surface area contributed by atoms with Gasteiger partial charge in [0, 0.05) is 5.69 Å². The molecule has 0 spiro atoms. The smallest absolute Gasteiger partial charge is 0.286 e. The van der Waals surface area contributed by atoms with E-state index in [1.807, 2.05) is 6.92 Å². The van der Waals surface area contributed by atoms with Crippen LogP contribution in [0.4, 0.5) is 0 Å². The van der Waals surface area contributed by atoms with Gasteiger partial charge in [0.15, 0.2) is 0 Å². The Balaban J connectivity index is 2.83. The number of nitrogens with two attached hydrogens (primary N) is 1. The van der Waals surface area contributed by atoms with Crippen molar-refractivity contribution in [2.45, 2.75) is 6.92 Å². The Hall–Kier alpha value is -1.76. The zero-order valence-electron chi connectivity index (χ0n) is 7.31. The fourth-order valence-electron chi connectivity index (χ4n) is 1.14. The van der Waals surface area contributed by atoms with Crippen LogP contribution in [0.3, 0.4) is 0 Å². The maximum atomic E-state index is 10.8. The van der Waals surface area contributed by atoms with Gasteiger partial charge in [-0.1, -0.05) is 12.2 Å². The molecular weight excluding hydrogens is 202 g/mol. The summed E-state index contributed by atoms with van der Waals surface area (Å²) < 4.78 is 1.99. The Morgan fingerprint density at radius 2 is 2.36 bits per heavy atom. The molecule has 7 heteroatoms. The summed E-state index contributed by atoms with van der Waals surface area (Å²) in [6.07, 6.45) is 0. The average molecular weight is 209 g/mol. The monoisotopic (exact) mass is 209 g/mol. The maximum absolute atomic E-state index is 10.8. The van der Waals surface area contributed by atoms with E-state index in [4.69, 9.17) is 18.0 Å². The van der Waals surface area contributed by atoms with Crippen LogP contribution in [0.2, 0.25) is 0 Å². The molecule has 2 aromatic rings. The van der Waals surface area contributed by atoms with E-state index in [-0.39, 0.29) is 5.82 Å². The summed E-state index contributed by atoms with van der Waals surface area (Å²) in [5, 5.41) is 2.71. The lowest BCUT2D eigenvalue weighted by Gasteiger charge is -1.95. The van der Waals surface area contributed by atoms with Gasteiger partial charge >= 0.3 is 0 Å². The highest BCUT2D eigenvalue weighted by atomic mass is 32.1. The normalized spacial score (nSPS) is 10.6. The molecule has 6 nitrogen and oxygen atoms in total. The number of aromatic nitrogens is 4. The van der Waals surface area contributed by atoms with E-state index in [0.717, 1.165) is 5.69 Å². The van der Waals surface area contributed by atoms with E-state index < -0.39 is 5.91 Å². The first kappa shape index (κ1) is 8.82. The second-order valence-corrected chi connectivity index (χ2v) is 3.23. The number of H-pyrrole nitrogens is 1. The molecule has 14 heavy (non-hydrogen) atoms. The van der Waals surface area contributed by atoms with Gasteiger partial charge in [0.05, 0.1) is 0 Å². The molecule has 2 rings (SSSR count). The third-order valence-electron chi connectivity index (χ3n) is 1.76. The summed E-state index contributed by atoms with van der Waals surface area (Å²) in [6.45, 7) is 1.83. The van der Waals surface area contributed by atoms with Crippen molar-refractivity contribution < 1.29 is 4.79 Å². The van der Waals surface area contributed by atoms with Crippen LogP contribution in [-0.2, 0) is 0 Å². The van der Waals surface area contributed by atoms with E-state index >= 15 is 0 Å². The highest BCUT2D eigenvalue weighted by molar-refractivity contribution is 7.71. The van der Waals surface area contributed by atoms with E-state index in [0.29, 0.717) is 10.4 Å². The number of aromatic amines is 1. The Labute approximate surface area is 83.8 Å². The van der Waals surface area contributed by atoms with Crippen LogP contribution in [0.15, 0.2) is 6.07 Å². The standard InChI is InChI=1S/C7H7N5OS/c1-3-2-4(14)9-7-10-6(5(8)13)11-12(3)7/h2H,1H3,(H2,8,13)(H,9,10,11,14). The van der Waals surface area contributed by atoms with E-state index in [1.54, 1.807) is 10.6 Å². The van der Waals surface area contributed by atoms with E-state index in [2.05, 4.69) is 15.1 Å². The first-order valence-electron chi connectivity index (χ1n) is 3.84. The lowest BCUT2D eigenvalue weighted by Crippen LogP contribution is -2.13. The number of hydrogen-bond acceptors (Lipinski definition) is 4. The number of rotatable bonds is 1. The molecule has 2 heterocycles. The van der Waals surface area contributed by atoms with E-state index in [1.165, 1.54) is 0 Å². The van der Waals surface area contributed by atoms with Crippen LogP contribution in [0.1, 0.15) is 16.3 Å². The molecular formula is C7H7N5OS. The molecule has 0 aliphatic rings. The van der Waals surface area contributed by atoms with Gasteiger partial charge in [0.1, 0.15) is 4.64 Å². The minimum absolute atomic E-state index is 0.0706. The number of carbonyl (C=O) groups is 1. The molecule has 0 aromatic carbocycles. The first-order valence-corrected chi connectivity index (χ1v) is 4.25. The molecule has 0 aliphatic carbocycles. The molecule has 0 radical (unpaired) electrons. The molecule has 0 saturated heterocycles. The SMILES string of the molecule is Cc1cc(=S)nc2nc(C(N)=O)[nH]n12. The molecule has 0 saturated carbocycles. The number of amides is 1. The number of hydrogen-bond donors (Lipinski definition) is 2. The minimum atomic E-state index is -0.624. The number of nitrogens with one attached hydrogen (secondary N) is 1. The van der Waals surface area contributed by atoms with Crippen LogP contribution < -0.4 is 5.73 Å². The van der Waals surface area contributed by atoms with Crippen LogP contribution in [0.5, 0.6) is 0 Å². The summed E-state index contributed by atoms with van der Waals surface area (Å²) in [4.78, 5) is 18.7. The van der Waals surface area contributed by atoms with Crippen molar-refractivity contribution in [3.05, 3.63) is 22.2 Å². The summed E-state index contributed by atoms with van der Waals surface area (Å²) in [7, 11) is 0. The Kier molecular flexibility index (Phi) is 1.81. The second-order valence-electron chi connectivity index (χ2n) is 2.81. The van der Waals surface area contributed by atoms with Crippen LogP contribution in [0.25, 0.3) is 5.78 Å². The minimum Gasteiger partial charge on any atom is -0.363 e. The van der Waals surface area contributed by atoms with Crippen LogP contribution >= 0.6 is 12.2 Å². The van der Waals surface area contributed by atoms with Crippen LogP contribution in [0, 0.1) is 11.6 Å².